The first-order valence-corrected chi connectivity index (χ1v) is 9.43. The molecule has 2 rings (SSSR count). The second-order valence-electron chi connectivity index (χ2n) is 7.17. The van der Waals surface area contributed by atoms with Gasteiger partial charge in [-0.05, 0) is 24.0 Å². The molecule has 1 aliphatic rings. The van der Waals surface area contributed by atoms with Crippen molar-refractivity contribution in [3.63, 3.8) is 0 Å². The summed E-state index contributed by atoms with van der Waals surface area (Å²) in [4.78, 5) is 27.9. The van der Waals surface area contributed by atoms with Gasteiger partial charge in [0, 0.05) is 32.7 Å². The van der Waals surface area contributed by atoms with E-state index >= 15 is 0 Å². The maximum absolute atomic E-state index is 12.4. The van der Waals surface area contributed by atoms with E-state index in [0.717, 1.165) is 26.1 Å². The monoisotopic (exact) mass is 361 g/mol. The van der Waals surface area contributed by atoms with Crippen molar-refractivity contribution in [2.75, 3.05) is 32.7 Å². The fraction of sp³-hybridized carbons (Fsp3) is 0.600. The third kappa shape index (κ3) is 5.54. The van der Waals surface area contributed by atoms with Crippen LogP contribution in [0.4, 0.5) is 0 Å². The van der Waals surface area contributed by atoms with Gasteiger partial charge in [0.05, 0.1) is 6.54 Å². The molecule has 0 spiro atoms. The Balaban J connectivity index is 1.79. The fourth-order valence-electron chi connectivity index (χ4n) is 3.26. The smallest absolute Gasteiger partial charge is 0.320 e. The van der Waals surface area contributed by atoms with Crippen molar-refractivity contribution in [3.05, 3.63) is 35.4 Å². The van der Waals surface area contributed by atoms with Crippen LogP contribution in [0.5, 0.6) is 0 Å². The van der Waals surface area contributed by atoms with E-state index in [1.54, 1.807) is 0 Å². The molecule has 6 heteroatoms. The van der Waals surface area contributed by atoms with E-state index in [0.29, 0.717) is 13.1 Å². The minimum atomic E-state index is -0.893. The van der Waals surface area contributed by atoms with Gasteiger partial charge in [-0.3, -0.25) is 19.8 Å². The number of amides is 1. The number of carboxylic acids is 1. The van der Waals surface area contributed by atoms with Crippen molar-refractivity contribution < 1.29 is 14.7 Å². The fourth-order valence-corrected chi connectivity index (χ4v) is 3.26. The summed E-state index contributed by atoms with van der Waals surface area (Å²) < 4.78 is 0. The quantitative estimate of drug-likeness (QED) is 0.738. The molecule has 1 amide bonds. The summed E-state index contributed by atoms with van der Waals surface area (Å²) in [6.07, 6.45) is 0.760. The van der Waals surface area contributed by atoms with Gasteiger partial charge < -0.3 is 10.0 Å². The number of nitrogens with zero attached hydrogens (tertiary/aromatic N) is 2. The van der Waals surface area contributed by atoms with Crippen LogP contribution in [0.3, 0.4) is 0 Å². The lowest BCUT2D eigenvalue weighted by molar-refractivity contribution is -0.141. The van der Waals surface area contributed by atoms with Crippen LogP contribution in [0, 0.1) is 12.8 Å². The molecule has 0 unspecified atom stereocenters. The van der Waals surface area contributed by atoms with Crippen LogP contribution in [-0.4, -0.2) is 65.5 Å². The molecule has 1 saturated heterocycles. The number of carbonyl (C=O) groups is 2. The number of aryl methyl sites for hydroxylation is 1. The minimum absolute atomic E-state index is 0.00809. The van der Waals surface area contributed by atoms with E-state index in [2.05, 4.69) is 35.3 Å². The van der Waals surface area contributed by atoms with Gasteiger partial charge in [-0.2, -0.15) is 0 Å². The highest BCUT2D eigenvalue weighted by Crippen LogP contribution is 2.13. The molecule has 144 valence electrons. The third-order valence-corrected chi connectivity index (χ3v) is 5.33. The zero-order valence-corrected chi connectivity index (χ0v) is 16.1. The van der Waals surface area contributed by atoms with Gasteiger partial charge in [0.25, 0.3) is 0 Å². The lowest BCUT2D eigenvalue weighted by Crippen LogP contribution is -2.52. The summed E-state index contributed by atoms with van der Waals surface area (Å²) >= 11 is 0. The lowest BCUT2D eigenvalue weighted by Gasteiger charge is -2.35. The number of aliphatic carboxylic acids is 1. The second-order valence-corrected chi connectivity index (χ2v) is 7.17. The van der Waals surface area contributed by atoms with Crippen molar-refractivity contribution in [1.82, 2.24) is 15.1 Å². The molecule has 6 nitrogen and oxygen atoms in total. The second kappa shape index (κ2) is 9.69. The molecule has 2 N–H and O–H groups in total. The van der Waals surface area contributed by atoms with Gasteiger partial charge in [0.2, 0.25) is 5.91 Å². The molecule has 1 heterocycles. The van der Waals surface area contributed by atoms with Crippen molar-refractivity contribution >= 4 is 11.9 Å². The molecule has 0 saturated carbocycles. The van der Waals surface area contributed by atoms with E-state index in [1.165, 1.54) is 11.1 Å². The van der Waals surface area contributed by atoms with Gasteiger partial charge >= 0.3 is 5.97 Å². The SMILES string of the molecule is CC[C@H](C)[C@H](NCC(=O)N1CCN(Cc2ccccc2C)CC1)C(=O)O. The molecule has 2 atom stereocenters. The Bertz CT molecular complexity index is 612. The van der Waals surface area contributed by atoms with E-state index in [1.807, 2.05) is 24.8 Å². The maximum atomic E-state index is 12.4. The molecule has 1 aliphatic heterocycles. The number of hydrogen-bond donors (Lipinski definition) is 2. The summed E-state index contributed by atoms with van der Waals surface area (Å²) in [7, 11) is 0. The topological polar surface area (TPSA) is 72.9 Å². The number of piperazine rings is 1. The zero-order valence-electron chi connectivity index (χ0n) is 16.1. The Hall–Kier alpha value is -1.92. The Morgan fingerprint density at radius 3 is 2.42 bits per heavy atom. The normalized spacial score (nSPS) is 17.7. The number of rotatable bonds is 8. The molecule has 0 bridgehead atoms. The molecule has 0 aromatic heterocycles. The molecule has 1 aromatic rings. The maximum Gasteiger partial charge on any atom is 0.320 e. The number of nitrogens with one attached hydrogen (secondary N) is 1. The van der Waals surface area contributed by atoms with Crippen LogP contribution >= 0.6 is 0 Å². The highest BCUT2D eigenvalue weighted by molar-refractivity contribution is 5.80. The first-order valence-electron chi connectivity index (χ1n) is 9.43. The highest BCUT2D eigenvalue weighted by atomic mass is 16.4. The van der Waals surface area contributed by atoms with Crippen molar-refractivity contribution in [3.8, 4) is 0 Å². The van der Waals surface area contributed by atoms with Crippen LogP contribution in [0.15, 0.2) is 24.3 Å². The number of carboxylic acid groups (broad SMARTS) is 1. The summed E-state index contributed by atoms with van der Waals surface area (Å²) in [6.45, 7) is 10.0. The van der Waals surface area contributed by atoms with Gasteiger partial charge in [0.15, 0.2) is 0 Å². The lowest BCUT2D eigenvalue weighted by atomic mass is 9.99. The number of hydrogen-bond acceptors (Lipinski definition) is 4. The highest BCUT2D eigenvalue weighted by Gasteiger charge is 2.26. The molecule has 0 aliphatic carbocycles. The van der Waals surface area contributed by atoms with E-state index in [9.17, 15) is 14.7 Å². The first kappa shape index (κ1) is 20.4. The number of benzene rings is 1. The van der Waals surface area contributed by atoms with Crippen LogP contribution < -0.4 is 5.32 Å². The van der Waals surface area contributed by atoms with Gasteiger partial charge in [-0.25, -0.2) is 0 Å². The Morgan fingerprint density at radius 2 is 1.85 bits per heavy atom. The molecule has 1 aromatic carbocycles. The van der Waals surface area contributed by atoms with Crippen LogP contribution in [0.25, 0.3) is 0 Å². The van der Waals surface area contributed by atoms with Crippen molar-refractivity contribution in [1.29, 1.82) is 0 Å². The number of carbonyl (C=O) groups excluding carboxylic acids is 1. The zero-order chi connectivity index (χ0) is 19.1. The standard InChI is InChI=1S/C20H31N3O3/c1-4-15(2)19(20(25)26)21-13-18(24)23-11-9-22(10-12-23)14-17-8-6-5-7-16(17)3/h5-8,15,19,21H,4,9-14H2,1-3H3,(H,25,26)/t15-,19-/m0/s1. The van der Waals surface area contributed by atoms with Gasteiger partial charge in [0.1, 0.15) is 6.04 Å². The van der Waals surface area contributed by atoms with Crippen LogP contribution in [-0.2, 0) is 16.1 Å². The van der Waals surface area contributed by atoms with Gasteiger partial charge in [-0.15, -0.1) is 0 Å². The molecule has 1 fully saturated rings. The van der Waals surface area contributed by atoms with Crippen LogP contribution in [0.1, 0.15) is 31.4 Å². The third-order valence-electron chi connectivity index (χ3n) is 5.33. The summed E-state index contributed by atoms with van der Waals surface area (Å²) in [5, 5.41) is 12.2. The molecule has 26 heavy (non-hydrogen) atoms. The van der Waals surface area contributed by atoms with Crippen LogP contribution in [0.2, 0.25) is 0 Å². The minimum Gasteiger partial charge on any atom is -0.480 e. The first-order chi connectivity index (χ1) is 12.4. The molecule has 0 radical (unpaired) electrons. The van der Waals surface area contributed by atoms with Gasteiger partial charge in [-0.1, -0.05) is 44.5 Å². The Labute approximate surface area is 156 Å². The average molecular weight is 361 g/mol. The van der Waals surface area contributed by atoms with E-state index in [-0.39, 0.29) is 18.4 Å². The molecular weight excluding hydrogens is 330 g/mol. The predicted molar refractivity (Wildman–Crippen MR) is 102 cm³/mol. The average Bonchev–Trinajstić information content (AvgIpc) is 2.63. The summed E-state index contributed by atoms with van der Waals surface area (Å²) in [6, 6.07) is 7.71. The largest absolute Gasteiger partial charge is 0.480 e. The predicted octanol–water partition coefficient (Wildman–Crippen LogP) is 1.73. The Morgan fingerprint density at radius 1 is 1.19 bits per heavy atom. The molecular formula is C20H31N3O3. The van der Waals surface area contributed by atoms with E-state index < -0.39 is 12.0 Å². The summed E-state index contributed by atoms with van der Waals surface area (Å²) in [5.41, 5.74) is 2.62. The van der Waals surface area contributed by atoms with E-state index in [4.69, 9.17) is 0 Å². The van der Waals surface area contributed by atoms with Crippen molar-refractivity contribution in [2.24, 2.45) is 5.92 Å². The van der Waals surface area contributed by atoms with Crippen molar-refractivity contribution in [2.45, 2.75) is 39.8 Å². The Kier molecular flexibility index (Phi) is 7.60. The summed E-state index contributed by atoms with van der Waals surface area (Å²) in [5.74, 6) is -0.920.